The molecule has 1 saturated heterocycles. The molecule has 1 fully saturated rings. The number of carbonyl (C=O) groups excluding carboxylic acids is 1. The summed E-state index contributed by atoms with van der Waals surface area (Å²) in [6.45, 7) is 3.12. The third-order valence-corrected chi connectivity index (χ3v) is 8.04. The summed E-state index contributed by atoms with van der Waals surface area (Å²) < 4.78 is 61.7. The molecule has 34 heavy (non-hydrogen) atoms. The largest absolute Gasteiger partial charge is 0.461 e. The molecule has 1 aliphatic heterocycles. The monoisotopic (exact) mass is 485 g/mol. The molecular formula is C26H25F2NO4S. The predicted octanol–water partition coefficient (Wildman–Crippen LogP) is 4.59. The minimum Gasteiger partial charge on any atom is -0.461 e. The summed E-state index contributed by atoms with van der Waals surface area (Å²) in [4.78, 5) is 12.0. The van der Waals surface area contributed by atoms with Crippen molar-refractivity contribution in [2.75, 3.05) is 13.1 Å². The van der Waals surface area contributed by atoms with Gasteiger partial charge in [-0.25, -0.2) is 17.2 Å². The first-order valence-corrected chi connectivity index (χ1v) is 12.3. The van der Waals surface area contributed by atoms with Gasteiger partial charge in [-0.3, -0.25) is 4.79 Å². The number of sulfonamides is 1. The molecule has 1 atom stereocenters. The van der Waals surface area contributed by atoms with Crippen molar-refractivity contribution in [3.05, 3.63) is 101 Å². The van der Waals surface area contributed by atoms with Crippen LogP contribution in [0.25, 0.3) is 0 Å². The molecule has 3 aromatic carbocycles. The minimum absolute atomic E-state index is 0.0121. The lowest BCUT2D eigenvalue weighted by molar-refractivity contribution is -0.149. The first-order chi connectivity index (χ1) is 16.1. The van der Waals surface area contributed by atoms with E-state index in [-0.39, 0.29) is 24.4 Å². The lowest BCUT2D eigenvalue weighted by Gasteiger charge is -2.46. The Bertz CT molecular complexity index is 1230. The molecule has 0 aliphatic carbocycles. The number of carbonyl (C=O) groups is 1. The molecule has 0 amide bonds. The van der Waals surface area contributed by atoms with Gasteiger partial charge in [0, 0.05) is 25.3 Å². The van der Waals surface area contributed by atoms with Crippen LogP contribution in [0.15, 0.2) is 77.7 Å². The Kier molecular flexibility index (Phi) is 6.55. The van der Waals surface area contributed by atoms with Crippen LogP contribution in [0.3, 0.4) is 0 Å². The van der Waals surface area contributed by atoms with Gasteiger partial charge in [0.25, 0.3) is 0 Å². The molecule has 0 aromatic heterocycles. The van der Waals surface area contributed by atoms with Gasteiger partial charge in [-0.15, -0.1) is 0 Å². The van der Waals surface area contributed by atoms with Crippen molar-refractivity contribution in [2.45, 2.75) is 36.7 Å². The highest BCUT2D eigenvalue weighted by atomic mass is 32.2. The van der Waals surface area contributed by atoms with Gasteiger partial charge in [0.2, 0.25) is 10.0 Å². The van der Waals surface area contributed by atoms with Crippen LogP contribution in [0.1, 0.15) is 30.0 Å². The van der Waals surface area contributed by atoms with Gasteiger partial charge in [0.1, 0.15) is 17.7 Å². The van der Waals surface area contributed by atoms with Crippen LogP contribution in [0.4, 0.5) is 8.78 Å². The maximum absolute atomic E-state index is 13.8. The molecule has 8 heteroatoms. The van der Waals surface area contributed by atoms with Crippen molar-refractivity contribution in [1.29, 1.82) is 0 Å². The van der Waals surface area contributed by atoms with Crippen molar-refractivity contribution < 1.29 is 26.7 Å². The van der Waals surface area contributed by atoms with Crippen LogP contribution in [0.5, 0.6) is 0 Å². The molecule has 0 spiro atoms. The first-order valence-electron chi connectivity index (χ1n) is 10.9. The Morgan fingerprint density at radius 3 is 1.88 bits per heavy atom. The van der Waals surface area contributed by atoms with E-state index in [9.17, 15) is 22.0 Å². The number of rotatable bonds is 5. The summed E-state index contributed by atoms with van der Waals surface area (Å²) in [6, 6.07) is 18.1. The fourth-order valence-electron chi connectivity index (χ4n) is 4.59. The number of aryl methyl sites for hydroxylation is 1. The summed E-state index contributed by atoms with van der Waals surface area (Å²) in [5, 5.41) is 0. The Balaban J connectivity index is 1.88. The highest BCUT2D eigenvalue weighted by Gasteiger charge is 2.47. The number of benzene rings is 3. The second-order valence-electron chi connectivity index (χ2n) is 8.64. The van der Waals surface area contributed by atoms with E-state index in [1.54, 1.807) is 36.4 Å². The number of hydrogen-bond donors (Lipinski definition) is 0. The topological polar surface area (TPSA) is 63.7 Å². The number of piperidine rings is 1. The number of esters is 1. The van der Waals surface area contributed by atoms with Crippen molar-refractivity contribution in [3.63, 3.8) is 0 Å². The zero-order chi connectivity index (χ0) is 24.5. The average Bonchev–Trinajstić information content (AvgIpc) is 2.79. The molecule has 4 rings (SSSR count). The van der Waals surface area contributed by atoms with Crippen LogP contribution in [-0.2, 0) is 25.0 Å². The number of hydrogen-bond acceptors (Lipinski definition) is 4. The molecule has 1 heterocycles. The Labute approximate surface area is 198 Å². The third kappa shape index (κ3) is 4.74. The molecule has 5 nitrogen and oxygen atoms in total. The Morgan fingerprint density at radius 1 is 0.912 bits per heavy atom. The van der Waals surface area contributed by atoms with Gasteiger partial charge < -0.3 is 4.74 Å². The van der Waals surface area contributed by atoms with E-state index in [0.29, 0.717) is 11.1 Å². The van der Waals surface area contributed by atoms with Crippen LogP contribution < -0.4 is 0 Å². The lowest BCUT2D eigenvalue weighted by Crippen LogP contribution is -2.55. The highest BCUT2D eigenvalue weighted by molar-refractivity contribution is 7.89. The second-order valence-corrected chi connectivity index (χ2v) is 10.6. The normalized spacial score (nSPS) is 18.4. The second kappa shape index (κ2) is 9.27. The van der Waals surface area contributed by atoms with E-state index in [2.05, 4.69) is 0 Å². The summed E-state index contributed by atoms with van der Waals surface area (Å²) >= 11 is 0. The van der Waals surface area contributed by atoms with Gasteiger partial charge in [-0.1, -0.05) is 42.0 Å². The molecular weight excluding hydrogens is 460 g/mol. The minimum atomic E-state index is -3.96. The van der Waals surface area contributed by atoms with Crippen molar-refractivity contribution in [2.24, 2.45) is 0 Å². The zero-order valence-corrected chi connectivity index (χ0v) is 19.7. The first kappa shape index (κ1) is 24.0. The predicted molar refractivity (Wildman–Crippen MR) is 124 cm³/mol. The summed E-state index contributed by atoms with van der Waals surface area (Å²) in [6.07, 6.45) is -0.509. The van der Waals surface area contributed by atoms with Crippen molar-refractivity contribution in [3.8, 4) is 0 Å². The Morgan fingerprint density at radius 2 is 1.41 bits per heavy atom. The van der Waals surface area contributed by atoms with E-state index in [0.717, 1.165) is 5.56 Å². The SMILES string of the molecule is CC(=O)O[C@H]1CN(S(=O)(=O)c2ccc(C)cc2)CC(c2ccc(F)cc2)(c2ccc(F)cc2)C1. The number of ether oxygens (including phenoxy) is 1. The third-order valence-electron chi connectivity index (χ3n) is 6.21. The van der Waals surface area contributed by atoms with E-state index < -0.39 is 39.1 Å². The van der Waals surface area contributed by atoms with E-state index in [1.807, 2.05) is 6.92 Å². The quantitative estimate of drug-likeness (QED) is 0.496. The molecule has 0 bridgehead atoms. The molecule has 0 radical (unpaired) electrons. The standard InChI is InChI=1S/C26H25F2NO4S/c1-18-3-13-25(14-4-18)34(31,32)29-16-24(33-19(2)30)15-26(17-29,20-5-9-22(27)10-6-20)21-7-11-23(28)12-8-21/h3-14,24H,15-17H2,1-2H3/t24-/m1/s1. The maximum Gasteiger partial charge on any atom is 0.302 e. The van der Waals surface area contributed by atoms with Crippen LogP contribution in [0.2, 0.25) is 0 Å². The smallest absolute Gasteiger partial charge is 0.302 e. The highest BCUT2D eigenvalue weighted by Crippen LogP contribution is 2.43. The number of halogens is 2. The van der Waals surface area contributed by atoms with E-state index in [4.69, 9.17) is 4.74 Å². The fraction of sp³-hybridized carbons (Fsp3) is 0.269. The van der Waals surface area contributed by atoms with Crippen LogP contribution in [-0.4, -0.2) is 37.9 Å². The molecule has 0 N–H and O–H groups in total. The van der Waals surface area contributed by atoms with E-state index >= 15 is 0 Å². The van der Waals surface area contributed by atoms with Gasteiger partial charge in [0.15, 0.2) is 0 Å². The summed E-state index contributed by atoms with van der Waals surface area (Å²) in [5.74, 6) is -1.41. The molecule has 0 unspecified atom stereocenters. The molecule has 178 valence electrons. The van der Waals surface area contributed by atoms with Gasteiger partial charge in [-0.2, -0.15) is 4.31 Å². The van der Waals surface area contributed by atoms with Gasteiger partial charge in [0.05, 0.1) is 11.4 Å². The molecule has 3 aromatic rings. The van der Waals surface area contributed by atoms with Gasteiger partial charge >= 0.3 is 5.97 Å². The summed E-state index contributed by atoms with van der Waals surface area (Å²) in [7, 11) is -3.96. The van der Waals surface area contributed by atoms with Crippen LogP contribution in [0, 0.1) is 18.6 Å². The average molecular weight is 486 g/mol. The number of nitrogens with zero attached hydrogens (tertiary/aromatic N) is 1. The van der Waals surface area contributed by atoms with Gasteiger partial charge in [-0.05, 0) is 54.4 Å². The van der Waals surface area contributed by atoms with Crippen molar-refractivity contribution >= 4 is 16.0 Å². The Hall–Kier alpha value is -3.10. The van der Waals surface area contributed by atoms with Crippen molar-refractivity contribution in [1.82, 2.24) is 4.31 Å². The van der Waals surface area contributed by atoms with Crippen LogP contribution >= 0.6 is 0 Å². The molecule has 1 aliphatic rings. The maximum atomic E-state index is 13.8. The lowest BCUT2D eigenvalue weighted by atomic mass is 9.69. The van der Waals surface area contributed by atoms with E-state index in [1.165, 1.54) is 47.6 Å². The summed E-state index contributed by atoms with van der Waals surface area (Å²) in [5.41, 5.74) is 1.20. The fourth-order valence-corrected chi connectivity index (χ4v) is 6.12. The molecule has 0 saturated carbocycles. The zero-order valence-electron chi connectivity index (χ0n) is 18.9.